The van der Waals surface area contributed by atoms with Crippen molar-refractivity contribution in [3.63, 3.8) is 0 Å². The smallest absolute Gasteiger partial charge is 0.318 e. The Balaban J connectivity index is 1.43. The van der Waals surface area contributed by atoms with Gasteiger partial charge in [0.05, 0.1) is 25.0 Å². The van der Waals surface area contributed by atoms with Crippen molar-refractivity contribution in [3.8, 4) is 0 Å². The molecule has 0 unspecified atom stereocenters. The number of amides is 2. The minimum atomic E-state index is -1.15. The number of hydrogen-bond acceptors (Lipinski definition) is 3. The SMILES string of the molecule is Cc1nc2ccc(NC(=O)N3CC(F)(C4CC4)C3)cn2n1. The lowest BCUT2D eigenvalue weighted by Crippen LogP contribution is -2.63. The third-order valence-corrected chi connectivity index (χ3v) is 4.19. The number of urea groups is 1. The number of carbonyl (C=O) groups is 1. The third kappa shape index (κ3) is 2.12. The minimum Gasteiger partial charge on any atom is -0.318 e. The Hall–Kier alpha value is -2.18. The lowest BCUT2D eigenvalue weighted by atomic mass is 9.91. The molecule has 1 saturated heterocycles. The summed E-state index contributed by atoms with van der Waals surface area (Å²) in [6.45, 7) is 2.21. The van der Waals surface area contributed by atoms with Crippen LogP contribution < -0.4 is 5.32 Å². The highest BCUT2D eigenvalue weighted by atomic mass is 19.1. The molecular weight excluding hydrogens is 273 g/mol. The fourth-order valence-corrected chi connectivity index (χ4v) is 2.86. The minimum absolute atomic E-state index is 0.163. The summed E-state index contributed by atoms with van der Waals surface area (Å²) in [6.07, 6.45) is 3.61. The monoisotopic (exact) mass is 289 g/mol. The van der Waals surface area contributed by atoms with Crippen LogP contribution in [0.3, 0.4) is 0 Å². The van der Waals surface area contributed by atoms with Crippen LogP contribution in [0, 0.1) is 12.8 Å². The van der Waals surface area contributed by atoms with Crippen LogP contribution in [-0.4, -0.2) is 44.3 Å². The molecule has 4 rings (SSSR count). The van der Waals surface area contributed by atoms with E-state index in [2.05, 4.69) is 15.4 Å². The number of rotatable bonds is 2. The quantitative estimate of drug-likeness (QED) is 0.919. The Bertz CT molecular complexity index is 717. The van der Waals surface area contributed by atoms with Crippen molar-refractivity contribution in [2.75, 3.05) is 18.4 Å². The number of hydrogen-bond donors (Lipinski definition) is 1. The zero-order valence-corrected chi connectivity index (χ0v) is 11.7. The van der Waals surface area contributed by atoms with E-state index in [1.807, 2.05) is 6.92 Å². The van der Waals surface area contributed by atoms with E-state index < -0.39 is 5.67 Å². The van der Waals surface area contributed by atoms with Gasteiger partial charge in [0.1, 0.15) is 11.5 Å². The number of pyridine rings is 1. The maximum atomic E-state index is 14.2. The first-order chi connectivity index (χ1) is 10.0. The van der Waals surface area contributed by atoms with Gasteiger partial charge < -0.3 is 10.2 Å². The van der Waals surface area contributed by atoms with Crippen molar-refractivity contribution in [3.05, 3.63) is 24.2 Å². The maximum absolute atomic E-state index is 14.2. The summed E-state index contributed by atoms with van der Waals surface area (Å²) in [4.78, 5) is 17.8. The molecule has 1 aliphatic carbocycles. The van der Waals surface area contributed by atoms with E-state index in [9.17, 15) is 9.18 Å². The van der Waals surface area contributed by atoms with Crippen LogP contribution in [0.25, 0.3) is 5.65 Å². The zero-order chi connectivity index (χ0) is 14.6. The van der Waals surface area contributed by atoms with Gasteiger partial charge in [-0.15, -0.1) is 0 Å². The molecule has 0 spiro atoms. The van der Waals surface area contributed by atoms with Crippen molar-refractivity contribution in [1.82, 2.24) is 19.5 Å². The van der Waals surface area contributed by atoms with E-state index >= 15 is 0 Å². The van der Waals surface area contributed by atoms with Gasteiger partial charge in [0, 0.05) is 0 Å². The molecule has 1 saturated carbocycles. The second-order valence-electron chi connectivity index (χ2n) is 5.97. The fourth-order valence-electron chi connectivity index (χ4n) is 2.86. The van der Waals surface area contributed by atoms with Crippen molar-refractivity contribution in [2.24, 2.45) is 5.92 Å². The number of aryl methyl sites for hydroxylation is 1. The van der Waals surface area contributed by atoms with Gasteiger partial charge in [-0.2, -0.15) is 5.10 Å². The highest BCUT2D eigenvalue weighted by molar-refractivity contribution is 5.90. The van der Waals surface area contributed by atoms with E-state index in [-0.39, 0.29) is 25.0 Å². The highest BCUT2D eigenvalue weighted by Crippen LogP contribution is 2.47. The molecule has 2 aliphatic rings. The first kappa shape index (κ1) is 12.6. The molecule has 6 nitrogen and oxygen atoms in total. The molecule has 1 N–H and O–H groups in total. The summed E-state index contributed by atoms with van der Waals surface area (Å²) >= 11 is 0. The molecule has 2 aromatic rings. The van der Waals surface area contributed by atoms with Crippen LogP contribution >= 0.6 is 0 Å². The van der Waals surface area contributed by atoms with Crippen molar-refractivity contribution in [2.45, 2.75) is 25.4 Å². The number of carbonyl (C=O) groups excluding carboxylic acids is 1. The van der Waals surface area contributed by atoms with Crippen molar-refractivity contribution < 1.29 is 9.18 Å². The lowest BCUT2D eigenvalue weighted by Gasteiger charge is -2.44. The fraction of sp³-hybridized carbons (Fsp3) is 0.500. The molecule has 21 heavy (non-hydrogen) atoms. The van der Waals surface area contributed by atoms with Gasteiger partial charge >= 0.3 is 6.03 Å². The molecule has 3 heterocycles. The Kier molecular flexibility index (Phi) is 2.49. The van der Waals surface area contributed by atoms with Gasteiger partial charge in [-0.05, 0) is 37.8 Å². The Labute approximate surface area is 121 Å². The van der Waals surface area contributed by atoms with Crippen LogP contribution in [-0.2, 0) is 0 Å². The number of fused-ring (bicyclic) bond motifs is 1. The van der Waals surface area contributed by atoms with Crippen LogP contribution in [0.2, 0.25) is 0 Å². The van der Waals surface area contributed by atoms with E-state index in [0.717, 1.165) is 18.5 Å². The predicted molar refractivity (Wildman–Crippen MR) is 74.9 cm³/mol. The van der Waals surface area contributed by atoms with E-state index in [1.165, 1.54) is 4.90 Å². The third-order valence-electron chi connectivity index (χ3n) is 4.19. The van der Waals surface area contributed by atoms with Gasteiger partial charge in [0.25, 0.3) is 0 Å². The van der Waals surface area contributed by atoms with Gasteiger partial charge in [-0.1, -0.05) is 0 Å². The molecule has 2 fully saturated rings. The molecule has 0 atom stereocenters. The predicted octanol–water partition coefficient (Wildman–Crippen LogP) is 2.00. The van der Waals surface area contributed by atoms with Crippen LogP contribution in [0.5, 0.6) is 0 Å². The number of anilines is 1. The summed E-state index contributed by atoms with van der Waals surface area (Å²) < 4.78 is 15.8. The van der Waals surface area contributed by atoms with E-state index in [1.54, 1.807) is 22.8 Å². The molecule has 110 valence electrons. The summed E-state index contributed by atoms with van der Waals surface area (Å²) in [7, 11) is 0. The van der Waals surface area contributed by atoms with E-state index in [0.29, 0.717) is 11.5 Å². The second-order valence-corrected chi connectivity index (χ2v) is 5.97. The molecule has 0 radical (unpaired) electrons. The summed E-state index contributed by atoms with van der Waals surface area (Å²) in [5.41, 5.74) is 0.204. The number of likely N-dealkylation sites (tertiary alicyclic amines) is 1. The highest BCUT2D eigenvalue weighted by Gasteiger charge is 2.55. The molecule has 7 heteroatoms. The Morgan fingerprint density at radius 3 is 2.90 bits per heavy atom. The normalized spacial score (nSPS) is 20.4. The summed E-state index contributed by atoms with van der Waals surface area (Å²) in [6, 6.07) is 3.29. The van der Waals surface area contributed by atoms with Crippen LogP contribution in [0.1, 0.15) is 18.7 Å². The van der Waals surface area contributed by atoms with Gasteiger partial charge in [-0.25, -0.2) is 18.7 Å². The van der Waals surface area contributed by atoms with Crippen molar-refractivity contribution >= 4 is 17.4 Å². The Morgan fingerprint density at radius 1 is 1.43 bits per heavy atom. The largest absolute Gasteiger partial charge is 0.322 e. The van der Waals surface area contributed by atoms with Crippen LogP contribution in [0.15, 0.2) is 18.3 Å². The molecular formula is C14H16FN5O. The number of halogens is 1. The standard InChI is InChI=1S/C14H16FN5O/c1-9-16-12-5-4-11(6-20(12)18-9)17-13(21)19-7-14(15,8-19)10-2-3-10/h4-6,10H,2-3,7-8H2,1H3,(H,17,21). The molecule has 1 aliphatic heterocycles. The topological polar surface area (TPSA) is 62.5 Å². The van der Waals surface area contributed by atoms with Gasteiger partial charge in [-0.3, -0.25) is 0 Å². The average molecular weight is 289 g/mol. The maximum Gasteiger partial charge on any atom is 0.322 e. The zero-order valence-electron chi connectivity index (χ0n) is 11.7. The first-order valence-electron chi connectivity index (χ1n) is 7.11. The molecule has 0 aromatic carbocycles. The number of nitrogens with one attached hydrogen (secondary N) is 1. The van der Waals surface area contributed by atoms with Crippen LogP contribution in [0.4, 0.5) is 14.9 Å². The Morgan fingerprint density at radius 2 is 2.19 bits per heavy atom. The number of alkyl halides is 1. The average Bonchev–Trinajstić information content (AvgIpc) is 3.17. The summed E-state index contributed by atoms with van der Waals surface area (Å²) in [5, 5.41) is 6.97. The second kappa shape index (κ2) is 4.16. The number of nitrogens with zero attached hydrogens (tertiary/aromatic N) is 4. The summed E-state index contributed by atoms with van der Waals surface area (Å²) in [5.74, 6) is 0.837. The molecule has 2 amide bonds. The van der Waals surface area contributed by atoms with Crippen molar-refractivity contribution in [1.29, 1.82) is 0 Å². The first-order valence-corrected chi connectivity index (χ1v) is 7.11. The van der Waals surface area contributed by atoms with Gasteiger partial charge in [0.15, 0.2) is 5.65 Å². The lowest BCUT2D eigenvalue weighted by molar-refractivity contribution is -0.0191. The van der Waals surface area contributed by atoms with E-state index in [4.69, 9.17) is 0 Å². The molecule has 2 aromatic heterocycles. The number of aromatic nitrogens is 3. The molecule has 0 bridgehead atoms. The van der Waals surface area contributed by atoms with Gasteiger partial charge in [0.2, 0.25) is 0 Å².